The molecule has 2 heteroatoms. The zero-order valence-electron chi connectivity index (χ0n) is 9.91. The van der Waals surface area contributed by atoms with Crippen molar-refractivity contribution in [1.29, 1.82) is 0 Å². The van der Waals surface area contributed by atoms with Crippen molar-refractivity contribution < 1.29 is 0 Å². The average Bonchev–Trinajstić information content (AvgIpc) is 2.33. The van der Waals surface area contributed by atoms with Crippen molar-refractivity contribution in [3.8, 4) is 0 Å². The zero-order chi connectivity index (χ0) is 12.1. The average molecular weight is 246 g/mol. The molecular formula is C15H16ClN. The summed E-state index contributed by atoms with van der Waals surface area (Å²) in [4.78, 5) is 0. The first kappa shape index (κ1) is 12.2. The molecule has 0 aromatic heterocycles. The van der Waals surface area contributed by atoms with Gasteiger partial charge in [-0.2, -0.15) is 0 Å². The minimum absolute atomic E-state index is 0.800. The van der Waals surface area contributed by atoms with E-state index in [4.69, 9.17) is 11.6 Å². The summed E-state index contributed by atoms with van der Waals surface area (Å²) in [6, 6.07) is 16.4. The molecule has 0 amide bonds. The molecule has 0 atom stereocenters. The van der Waals surface area contributed by atoms with Crippen LogP contribution in [0.5, 0.6) is 0 Å². The Labute approximate surface area is 107 Å². The van der Waals surface area contributed by atoms with Crippen LogP contribution in [0.25, 0.3) is 0 Å². The lowest BCUT2D eigenvalue weighted by Crippen LogP contribution is -2.13. The number of halogens is 1. The maximum atomic E-state index is 5.93. The summed E-state index contributed by atoms with van der Waals surface area (Å²) < 4.78 is 0. The molecule has 0 aliphatic heterocycles. The standard InChI is InChI=1S/C15H16ClN/c1-12-9-15(16)8-7-14(12)11-17-10-13-5-3-2-4-6-13/h2-9,17H,10-11H2,1H3. The van der Waals surface area contributed by atoms with Crippen LogP contribution in [0.4, 0.5) is 0 Å². The van der Waals surface area contributed by atoms with Gasteiger partial charge in [0.15, 0.2) is 0 Å². The van der Waals surface area contributed by atoms with Crippen LogP contribution >= 0.6 is 11.6 Å². The Morgan fingerprint density at radius 3 is 2.47 bits per heavy atom. The molecule has 0 aliphatic carbocycles. The van der Waals surface area contributed by atoms with E-state index in [9.17, 15) is 0 Å². The van der Waals surface area contributed by atoms with Gasteiger partial charge in [-0.05, 0) is 35.7 Å². The molecule has 0 heterocycles. The van der Waals surface area contributed by atoms with E-state index in [0.717, 1.165) is 18.1 Å². The fraction of sp³-hybridized carbons (Fsp3) is 0.200. The van der Waals surface area contributed by atoms with Gasteiger partial charge in [-0.1, -0.05) is 48.0 Å². The Balaban J connectivity index is 1.90. The number of hydrogen-bond donors (Lipinski definition) is 1. The highest BCUT2D eigenvalue weighted by molar-refractivity contribution is 6.30. The van der Waals surface area contributed by atoms with Crippen LogP contribution in [0.2, 0.25) is 5.02 Å². The van der Waals surface area contributed by atoms with Gasteiger partial charge in [-0.3, -0.25) is 0 Å². The van der Waals surface area contributed by atoms with E-state index in [1.165, 1.54) is 16.7 Å². The van der Waals surface area contributed by atoms with Gasteiger partial charge < -0.3 is 5.32 Å². The van der Waals surface area contributed by atoms with Crippen molar-refractivity contribution in [2.45, 2.75) is 20.0 Å². The topological polar surface area (TPSA) is 12.0 Å². The molecule has 1 N–H and O–H groups in total. The molecule has 0 radical (unpaired) electrons. The fourth-order valence-electron chi connectivity index (χ4n) is 1.80. The van der Waals surface area contributed by atoms with Gasteiger partial charge in [0.05, 0.1) is 0 Å². The van der Waals surface area contributed by atoms with Gasteiger partial charge in [0.25, 0.3) is 0 Å². The molecule has 2 aromatic carbocycles. The van der Waals surface area contributed by atoms with Gasteiger partial charge in [-0.25, -0.2) is 0 Å². The predicted molar refractivity (Wildman–Crippen MR) is 73.2 cm³/mol. The molecule has 2 rings (SSSR count). The first-order valence-electron chi connectivity index (χ1n) is 5.75. The maximum Gasteiger partial charge on any atom is 0.0408 e. The highest BCUT2D eigenvalue weighted by atomic mass is 35.5. The first-order chi connectivity index (χ1) is 8.25. The van der Waals surface area contributed by atoms with Crippen molar-refractivity contribution in [3.63, 3.8) is 0 Å². The number of aryl methyl sites for hydroxylation is 1. The highest BCUT2D eigenvalue weighted by Gasteiger charge is 1.99. The van der Waals surface area contributed by atoms with Crippen LogP contribution in [0.1, 0.15) is 16.7 Å². The Kier molecular flexibility index (Phi) is 4.18. The third-order valence-electron chi connectivity index (χ3n) is 2.79. The van der Waals surface area contributed by atoms with Crippen molar-refractivity contribution in [1.82, 2.24) is 5.32 Å². The van der Waals surface area contributed by atoms with E-state index in [-0.39, 0.29) is 0 Å². The smallest absolute Gasteiger partial charge is 0.0408 e. The van der Waals surface area contributed by atoms with Crippen LogP contribution in [-0.2, 0) is 13.1 Å². The Bertz CT molecular complexity index is 480. The van der Waals surface area contributed by atoms with Crippen molar-refractivity contribution in [3.05, 3.63) is 70.2 Å². The Morgan fingerprint density at radius 2 is 1.76 bits per heavy atom. The van der Waals surface area contributed by atoms with E-state index >= 15 is 0 Å². The van der Waals surface area contributed by atoms with Crippen molar-refractivity contribution in [2.24, 2.45) is 0 Å². The van der Waals surface area contributed by atoms with Gasteiger partial charge in [0, 0.05) is 18.1 Å². The summed E-state index contributed by atoms with van der Waals surface area (Å²) in [5.41, 5.74) is 3.84. The zero-order valence-corrected chi connectivity index (χ0v) is 10.7. The number of benzene rings is 2. The van der Waals surface area contributed by atoms with E-state index in [1.807, 2.05) is 18.2 Å². The largest absolute Gasteiger partial charge is 0.309 e. The molecule has 2 aromatic rings. The number of hydrogen-bond acceptors (Lipinski definition) is 1. The first-order valence-corrected chi connectivity index (χ1v) is 6.13. The van der Waals surface area contributed by atoms with Crippen LogP contribution < -0.4 is 5.32 Å². The van der Waals surface area contributed by atoms with Gasteiger partial charge >= 0.3 is 0 Å². The number of rotatable bonds is 4. The summed E-state index contributed by atoms with van der Waals surface area (Å²) in [5, 5.41) is 4.24. The second-order valence-corrected chi connectivity index (χ2v) is 4.60. The van der Waals surface area contributed by atoms with E-state index in [1.54, 1.807) is 0 Å². The van der Waals surface area contributed by atoms with E-state index in [2.05, 4.69) is 42.6 Å². The predicted octanol–water partition coefficient (Wildman–Crippen LogP) is 3.94. The maximum absolute atomic E-state index is 5.93. The molecule has 17 heavy (non-hydrogen) atoms. The van der Waals surface area contributed by atoms with Crippen molar-refractivity contribution >= 4 is 11.6 Å². The monoisotopic (exact) mass is 245 g/mol. The van der Waals surface area contributed by atoms with Gasteiger partial charge in [0.2, 0.25) is 0 Å². The second-order valence-electron chi connectivity index (χ2n) is 4.16. The Morgan fingerprint density at radius 1 is 1.00 bits per heavy atom. The summed E-state index contributed by atoms with van der Waals surface area (Å²) in [6.07, 6.45) is 0. The Hall–Kier alpha value is -1.31. The summed E-state index contributed by atoms with van der Waals surface area (Å²) >= 11 is 5.93. The molecule has 0 saturated carbocycles. The summed E-state index contributed by atoms with van der Waals surface area (Å²) in [7, 11) is 0. The lowest BCUT2D eigenvalue weighted by Gasteiger charge is -2.08. The fourth-order valence-corrected chi connectivity index (χ4v) is 2.02. The van der Waals surface area contributed by atoms with Crippen LogP contribution in [-0.4, -0.2) is 0 Å². The van der Waals surface area contributed by atoms with Crippen LogP contribution in [0, 0.1) is 6.92 Å². The normalized spacial score (nSPS) is 10.5. The molecule has 0 bridgehead atoms. The molecular weight excluding hydrogens is 230 g/mol. The molecule has 1 nitrogen and oxygen atoms in total. The van der Waals surface area contributed by atoms with Gasteiger partial charge in [0.1, 0.15) is 0 Å². The SMILES string of the molecule is Cc1cc(Cl)ccc1CNCc1ccccc1. The molecule has 0 saturated heterocycles. The quantitative estimate of drug-likeness (QED) is 0.861. The van der Waals surface area contributed by atoms with E-state index in [0.29, 0.717) is 0 Å². The molecule has 0 aliphatic rings. The molecule has 0 fully saturated rings. The lowest BCUT2D eigenvalue weighted by molar-refractivity contribution is 0.691. The molecule has 88 valence electrons. The van der Waals surface area contributed by atoms with Crippen LogP contribution in [0.3, 0.4) is 0 Å². The third kappa shape index (κ3) is 3.58. The minimum Gasteiger partial charge on any atom is -0.309 e. The second kappa shape index (κ2) is 5.85. The summed E-state index contributed by atoms with van der Waals surface area (Å²) in [6.45, 7) is 3.85. The third-order valence-corrected chi connectivity index (χ3v) is 3.03. The van der Waals surface area contributed by atoms with Crippen molar-refractivity contribution in [2.75, 3.05) is 0 Å². The van der Waals surface area contributed by atoms with Gasteiger partial charge in [-0.15, -0.1) is 0 Å². The van der Waals surface area contributed by atoms with Crippen LogP contribution in [0.15, 0.2) is 48.5 Å². The lowest BCUT2D eigenvalue weighted by atomic mass is 10.1. The minimum atomic E-state index is 0.800. The number of nitrogens with one attached hydrogen (secondary N) is 1. The van der Waals surface area contributed by atoms with E-state index < -0.39 is 0 Å². The highest BCUT2D eigenvalue weighted by Crippen LogP contribution is 2.15. The molecule has 0 unspecified atom stereocenters. The summed E-state index contributed by atoms with van der Waals surface area (Å²) in [5.74, 6) is 0. The molecule has 0 spiro atoms.